The van der Waals surface area contributed by atoms with E-state index in [0.29, 0.717) is 23.1 Å². The Morgan fingerprint density at radius 1 is 1.45 bits per heavy atom. The van der Waals surface area contributed by atoms with Crippen molar-refractivity contribution in [3.05, 3.63) is 28.2 Å². The highest BCUT2D eigenvalue weighted by Gasteiger charge is 2.31. The van der Waals surface area contributed by atoms with E-state index in [1.54, 1.807) is 0 Å². The third kappa shape index (κ3) is 3.51. The highest BCUT2D eigenvalue weighted by Crippen LogP contribution is 2.28. The number of esters is 1. The summed E-state index contributed by atoms with van der Waals surface area (Å²) < 4.78 is 32.0. The van der Waals surface area contributed by atoms with Crippen LogP contribution >= 0.6 is 15.9 Å². The lowest BCUT2D eigenvalue weighted by Gasteiger charge is -2.31. The smallest absolute Gasteiger partial charge is 0.337 e. The summed E-state index contributed by atoms with van der Waals surface area (Å²) in [6.45, 7) is 0.954. The molecule has 22 heavy (non-hydrogen) atoms. The molecule has 0 aliphatic carbocycles. The van der Waals surface area contributed by atoms with Gasteiger partial charge < -0.3 is 10.1 Å². The number of nitrogens with one attached hydrogen (secondary N) is 1. The standard InChI is InChI=1S/C14H19BrN2O4S/c1-16-11-4-3-7-17(9-11)22(19,20)13-6-5-10(8-12(13)15)14(18)21-2/h5-6,8,11,16H,3-4,7,9H2,1-2H3. The van der Waals surface area contributed by atoms with Gasteiger partial charge in [-0.2, -0.15) is 4.31 Å². The Morgan fingerprint density at radius 2 is 2.18 bits per heavy atom. The first-order chi connectivity index (χ1) is 10.4. The number of rotatable bonds is 4. The summed E-state index contributed by atoms with van der Waals surface area (Å²) in [5.41, 5.74) is 0.306. The zero-order valence-electron chi connectivity index (χ0n) is 12.5. The normalized spacial score (nSPS) is 19.9. The number of hydrogen-bond donors (Lipinski definition) is 1. The quantitative estimate of drug-likeness (QED) is 0.790. The fourth-order valence-corrected chi connectivity index (χ4v) is 5.05. The van der Waals surface area contributed by atoms with Crippen LogP contribution in [0.25, 0.3) is 0 Å². The van der Waals surface area contributed by atoms with Crippen LogP contribution in [0, 0.1) is 0 Å². The molecule has 6 nitrogen and oxygen atoms in total. The molecule has 1 saturated heterocycles. The number of piperidine rings is 1. The maximum atomic E-state index is 12.8. The van der Waals surface area contributed by atoms with Crippen molar-refractivity contribution in [1.82, 2.24) is 9.62 Å². The first-order valence-corrected chi connectivity index (χ1v) is 9.18. The van der Waals surface area contributed by atoms with Crippen LogP contribution in [-0.2, 0) is 14.8 Å². The van der Waals surface area contributed by atoms with Gasteiger partial charge in [-0.15, -0.1) is 0 Å². The Morgan fingerprint density at radius 3 is 2.77 bits per heavy atom. The highest BCUT2D eigenvalue weighted by molar-refractivity contribution is 9.10. The van der Waals surface area contributed by atoms with E-state index in [9.17, 15) is 13.2 Å². The molecule has 8 heteroatoms. The van der Waals surface area contributed by atoms with E-state index in [0.717, 1.165) is 12.8 Å². The molecule has 0 amide bonds. The Hall–Kier alpha value is -0.960. The van der Waals surface area contributed by atoms with Gasteiger partial charge in [0.15, 0.2) is 0 Å². The van der Waals surface area contributed by atoms with Gasteiger partial charge >= 0.3 is 5.97 Å². The van der Waals surface area contributed by atoms with Gasteiger partial charge in [-0.05, 0) is 54.0 Å². The number of methoxy groups -OCH3 is 1. The number of hydrogen-bond acceptors (Lipinski definition) is 5. The maximum Gasteiger partial charge on any atom is 0.337 e. The van der Waals surface area contributed by atoms with Crippen LogP contribution in [0.1, 0.15) is 23.2 Å². The summed E-state index contributed by atoms with van der Waals surface area (Å²) in [5.74, 6) is -0.502. The molecule has 2 rings (SSSR count). The maximum absolute atomic E-state index is 12.8. The Balaban J connectivity index is 2.31. The first-order valence-electron chi connectivity index (χ1n) is 6.95. The lowest BCUT2D eigenvalue weighted by atomic mass is 10.1. The highest BCUT2D eigenvalue weighted by atomic mass is 79.9. The number of carbonyl (C=O) groups is 1. The van der Waals surface area contributed by atoms with Crippen molar-refractivity contribution in [3.63, 3.8) is 0 Å². The van der Waals surface area contributed by atoms with Gasteiger partial charge in [0.1, 0.15) is 0 Å². The van der Waals surface area contributed by atoms with Gasteiger partial charge in [0, 0.05) is 23.6 Å². The summed E-state index contributed by atoms with van der Waals surface area (Å²) in [7, 11) is -0.471. The Kier molecular flexibility index (Phi) is 5.60. The van der Waals surface area contributed by atoms with Crippen LogP contribution in [0.4, 0.5) is 0 Å². The van der Waals surface area contributed by atoms with Gasteiger partial charge in [0.25, 0.3) is 0 Å². The molecule has 1 heterocycles. The number of sulfonamides is 1. The first kappa shape index (κ1) is 17.4. The second kappa shape index (κ2) is 7.08. The van der Waals surface area contributed by atoms with Crippen LogP contribution in [0.5, 0.6) is 0 Å². The van der Waals surface area contributed by atoms with Crippen molar-refractivity contribution in [1.29, 1.82) is 0 Å². The number of ether oxygens (including phenoxy) is 1. The number of halogens is 1. The molecule has 1 aromatic carbocycles. The van der Waals surface area contributed by atoms with E-state index in [4.69, 9.17) is 0 Å². The van der Waals surface area contributed by atoms with Gasteiger partial charge in [0.2, 0.25) is 10.0 Å². The third-order valence-electron chi connectivity index (χ3n) is 3.76. The Bertz CT molecular complexity index is 663. The van der Waals surface area contributed by atoms with Crippen molar-refractivity contribution in [2.75, 3.05) is 27.2 Å². The second-order valence-electron chi connectivity index (χ2n) is 5.13. The lowest BCUT2D eigenvalue weighted by Crippen LogP contribution is -2.46. The molecule has 1 unspecified atom stereocenters. The molecular formula is C14H19BrN2O4S. The van der Waals surface area contributed by atoms with Crippen LogP contribution < -0.4 is 5.32 Å². The minimum atomic E-state index is -3.59. The van der Waals surface area contributed by atoms with Crippen LogP contribution in [0.15, 0.2) is 27.6 Å². The molecule has 1 aliphatic heterocycles. The van der Waals surface area contributed by atoms with Crippen LogP contribution in [0.3, 0.4) is 0 Å². The number of benzene rings is 1. The molecule has 1 aliphatic rings. The largest absolute Gasteiger partial charge is 0.465 e. The monoisotopic (exact) mass is 390 g/mol. The molecular weight excluding hydrogens is 372 g/mol. The molecule has 1 fully saturated rings. The molecule has 0 saturated carbocycles. The van der Waals surface area contributed by atoms with Crippen molar-refractivity contribution >= 4 is 31.9 Å². The van der Waals surface area contributed by atoms with E-state index in [2.05, 4.69) is 26.0 Å². The molecule has 122 valence electrons. The SMILES string of the molecule is CNC1CCCN(S(=O)(=O)c2ccc(C(=O)OC)cc2Br)C1. The average Bonchev–Trinajstić information content (AvgIpc) is 2.53. The summed E-state index contributed by atoms with van der Waals surface area (Å²) in [4.78, 5) is 11.7. The van der Waals surface area contributed by atoms with Crippen molar-refractivity contribution < 1.29 is 17.9 Å². The van der Waals surface area contributed by atoms with E-state index < -0.39 is 16.0 Å². The second-order valence-corrected chi connectivity index (χ2v) is 7.89. The molecule has 1 aromatic rings. The third-order valence-corrected chi connectivity index (χ3v) is 6.61. The average molecular weight is 391 g/mol. The zero-order valence-corrected chi connectivity index (χ0v) is 14.9. The van der Waals surface area contributed by atoms with Crippen LogP contribution in [-0.4, -0.2) is 52.0 Å². The Labute approximate surface area is 139 Å². The van der Waals surface area contributed by atoms with E-state index in [1.807, 2.05) is 7.05 Å². The fourth-order valence-electron chi connectivity index (χ4n) is 2.49. The molecule has 0 spiro atoms. The number of likely N-dealkylation sites (N-methyl/N-ethyl adjacent to an activating group) is 1. The minimum absolute atomic E-state index is 0.164. The summed E-state index contributed by atoms with van der Waals surface area (Å²) >= 11 is 3.25. The molecule has 0 aromatic heterocycles. The summed E-state index contributed by atoms with van der Waals surface area (Å²) in [6, 6.07) is 4.53. The molecule has 1 N–H and O–H groups in total. The van der Waals surface area contributed by atoms with E-state index in [1.165, 1.54) is 29.6 Å². The van der Waals surface area contributed by atoms with Crippen molar-refractivity contribution in [3.8, 4) is 0 Å². The predicted octanol–water partition coefficient (Wildman–Crippen LogP) is 1.61. The number of nitrogens with zero attached hydrogens (tertiary/aromatic N) is 1. The van der Waals surface area contributed by atoms with Gasteiger partial charge in [0.05, 0.1) is 17.6 Å². The summed E-state index contributed by atoms with van der Waals surface area (Å²) in [6.07, 6.45) is 1.79. The summed E-state index contributed by atoms with van der Waals surface area (Å²) in [5, 5.41) is 3.12. The molecule has 1 atom stereocenters. The topological polar surface area (TPSA) is 75.7 Å². The molecule has 0 radical (unpaired) electrons. The van der Waals surface area contributed by atoms with Gasteiger partial charge in [-0.1, -0.05) is 0 Å². The van der Waals surface area contributed by atoms with Crippen molar-refractivity contribution in [2.45, 2.75) is 23.8 Å². The molecule has 0 bridgehead atoms. The van der Waals surface area contributed by atoms with Gasteiger partial charge in [-0.3, -0.25) is 0 Å². The van der Waals surface area contributed by atoms with Crippen LogP contribution in [0.2, 0.25) is 0 Å². The lowest BCUT2D eigenvalue weighted by molar-refractivity contribution is 0.0600. The number of carbonyl (C=O) groups excluding carboxylic acids is 1. The predicted molar refractivity (Wildman–Crippen MR) is 86.3 cm³/mol. The zero-order chi connectivity index (χ0) is 16.3. The van der Waals surface area contributed by atoms with E-state index in [-0.39, 0.29) is 10.9 Å². The van der Waals surface area contributed by atoms with Crippen molar-refractivity contribution in [2.24, 2.45) is 0 Å². The fraction of sp³-hybridized carbons (Fsp3) is 0.500. The van der Waals surface area contributed by atoms with Gasteiger partial charge in [-0.25, -0.2) is 13.2 Å². The van der Waals surface area contributed by atoms with E-state index >= 15 is 0 Å². The minimum Gasteiger partial charge on any atom is -0.465 e.